The Hall–Kier alpha value is -9.53. The third kappa shape index (κ3) is 35.1. The summed E-state index contributed by atoms with van der Waals surface area (Å²) in [5, 5.41) is 18.0. The van der Waals surface area contributed by atoms with E-state index in [1.54, 1.807) is 11.0 Å². The number of hydrogen-bond donors (Lipinski definition) is 2. The summed E-state index contributed by atoms with van der Waals surface area (Å²) < 4.78 is 35.8. The molecule has 778 valence electrons. The van der Waals surface area contributed by atoms with Crippen LogP contribution in [0.25, 0.3) is 10.9 Å². The van der Waals surface area contributed by atoms with Gasteiger partial charge in [-0.05, 0) is 235 Å². The number of amides is 3. The maximum Gasteiger partial charge on any atom is 0.307 e. The van der Waals surface area contributed by atoms with E-state index in [0.717, 1.165) is 275 Å². The van der Waals surface area contributed by atoms with Gasteiger partial charge in [0.15, 0.2) is 13.5 Å². The zero-order valence-electron chi connectivity index (χ0n) is 82.4. The highest BCUT2D eigenvalue weighted by Crippen LogP contribution is 2.40. The number of aromatic nitrogens is 1. The first-order chi connectivity index (χ1) is 69.8. The molecule has 0 bridgehead atoms. The SMILES string of the molecule is C=O.CCCC(=O)Cl.CCCC(=O)OCN1C(=O)CCc2ccc(OCCCCN3CCN(c4cccc(Cl)c4Cl)CC3)cc21.CCCC(=O)OCn1c(=O)ccc2ccc(OCCCCN3CCN(c4cccc(Cl)c4Cl)CC3)cc21.O=C1CCc2ccc(OCCCCN3CCN(c4cccc(Cl)c4Cl)CC3)cc2N1.O=C1CCc2ccc(OCCCCN3CCN(c4cccc(Cl)c4Cl)CC3)cc2N1CO. The number of fused-ring (bicyclic) bond motifs is 4. The Balaban J connectivity index is 0.000000179. The lowest BCUT2D eigenvalue weighted by Crippen LogP contribution is -2.46. The zero-order valence-corrected chi connectivity index (χ0v) is 89.2. The van der Waals surface area contributed by atoms with Gasteiger partial charge in [-0.1, -0.05) is 156 Å². The molecule has 0 spiro atoms. The first kappa shape index (κ1) is 115. The highest BCUT2D eigenvalue weighted by atomic mass is 35.5. The number of pyridine rings is 1. The summed E-state index contributed by atoms with van der Waals surface area (Å²) >= 11 is 55.1. The normalized spacial score (nSPS) is 15.4. The van der Waals surface area contributed by atoms with E-state index in [2.05, 4.69) is 50.6 Å². The maximum absolute atomic E-state index is 12.5. The molecule has 7 aliphatic heterocycles. The summed E-state index contributed by atoms with van der Waals surface area (Å²) in [5.41, 5.74) is 10.3. The number of aryl methyl sites for hydroxylation is 3. The average molecular weight is 2160 g/mol. The number of nitrogens with zero attached hydrogens (tertiary/aromatic N) is 11. The molecule has 4 saturated heterocycles. The molecule has 2 N–H and O–H groups in total. The van der Waals surface area contributed by atoms with E-state index in [1.165, 1.54) is 21.1 Å². The van der Waals surface area contributed by atoms with Crippen LogP contribution in [0, 0.1) is 0 Å². The molecule has 8 heterocycles. The van der Waals surface area contributed by atoms with Crippen molar-refractivity contribution in [1.82, 2.24) is 24.2 Å². The summed E-state index contributed by atoms with van der Waals surface area (Å²) in [6, 6.07) is 49.7. The van der Waals surface area contributed by atoms with Crippen molar-refractivity contribution in [3.8, 4) is 23.0 Å². The second kappa shape index (κ2) is 60.7. The minimum absolute atomic E-state index is 0.0355. The van der Waals surface area contributed by atoms with Gasteiger partial charge in [-0.25, -0.2) is 0 Å². The van der Waals surface area contributed by atoms with E-state index in [9.17, 15) is 38.7 Å². The predicted molar refractivity (Wildman–Crippen MR) is 582 cm³/mol. The Morgan fingerprint density at radius 3 is 1.06 bits per heavy atom. The molecule has 8 aromatic carbocycles. The van der Waals surface area contributed by atoms with Crippen LogP contribution in [0.15, 0.2) is 163 Å². The molecule has 9 aromatic rings. The van der Waals surface area contributed by atoms with Crippen LogP contribution < -0.4 is 59.2 Å². The number of rotatable bonds is 39. The van der Waals surface area contributed by atoms with Crippen molar-refractivity contribution in [2.75, 3.05) is 206 Å². The summed E-state index contributed by atoms with van der Waals surface area (Å²) in [7, 11) is 0. The molecule has 16 rings (SSSR count). The van der Waals surface area contributed by atoms with Gasteiger partial charge in [0, 0.05) is 179 Å². The maximum atomic E-state index is 12.5. The fourth-order valence-corrected chi connectivity index (χ4v) is 19.6. The summed E-state index contributed by atoms with van der Waals surface area (Å²) in [6.07, 6.45) is 15.1. The van der Waals surface area contributed by atoms with Gasteiger partial charge in [0.05, 0.1) is 106 Å². The zero-order chi connectivity index (χ0) is 103. The second-order valence-corrected chi connectivity index (χ2v) is 39.3. The van der Waals surface area contributed by atoms with Crippen molar-refractivity contribution in [3.05, 3.63) is 225 Å². The third-order valence-electron chi connectivity index (χ3n) is 25.8. The van der Waals surface area contributed by atoms with Gasteiger partial charge >= 0.3 is 11.9 Å². The Kier molecular flexibility index (Phi) is 48.4. The van der Waals surface area contributed by atoms with E-state index >= 15 is 0 Å². The molecule has 144 heavy (non-hydrogen) atoms. The lowest BCUT2D eigenvalue weighted by molar-refractivity contribution is -0.147. The summed E-state index contributed by atoms with van der Waals surface area (Å²) in [6.45, 7) is 29.4. The molecule has 1 aromatic heterocycles. The standard InChI is InChI=1S/C28H35Cl2N3O4.C28H33Cl2N3O4.C24H29Cl2N3O3.C23H27Cl2N3O2.C4H7ClO.CH2O/c2*1-2-6-27(35)37-20-33-25-19-22(11-9-21(25)10-12-26(33)34)36-18-4-3-13-31-14-16-32(17-15-31)24-8-5-7-23(29)28(24)30;25-20-4-3-5-21(24(20)26)28-13-11-27(12-14-28)10-1-2-15-32-19-8-6-18-7-9-23(31)29(17-30)22(18)16-19;24-19-4-3-5-21(23(19)25)28-13-11-27(12-14-28)10-1-2-15-30-18-8-6-17-7-9-22(29)26-20(17)16-18;1-2-3-4(5)6;1-2/h5,7-9,11,19H,2-4,6,10,12-18,20H2,1H3;5,7-12,19H,2-4,6,13-18,20H2,1H3;3-6,8,16,30H,1-2,7,9-15,17H2;3-6,8,16H,1-2,7,9-15H2,(H,26,29);2-3H2,1H3;1H2. The Morgan fingerprint density at radius 2 is 0.694 bits per heavy atom. The minimum atomic E-state index is -0.312. The van der Waals surface area contributed by atoms with Crippen LogP contribution in [0.4, 0.5) is 39.8 Å². The number of esters is 2. The van der Waals surface area contributed by atoms with E-state index in [1.807, 2.05) is 167 Å². The highest BCUT2D eigenvalue weighted by Gasteiger charge is 2.30. The number of aliphatic hydroxyl groups is 1. The molecule has 0 saturated carbocycles. The molecule has 36 heteroatoms. The number of aliphatic hydroxyl groups excluding tert-OH is 1. The van der Waals surface area contributed by atoms with E-state index in [0.29, 0.717) is 136 Å². The van der Waals surface area contributed by atoms with Crippen molar-refractivity contribution >= 4 is 197 Å². The van der Waals surface area contributed by atoms with Crippen molar-refractivity contribution in [2.24, 2.45) is 0 Å². The number of carbonyl (C=O) groups is 7. The first-order valence-corrected chi connectivity index (χ1v) is 53.2. The van der Waals surface area contributed by atoms with E-state index in [4.69, 9.17) is 138 Å². The van der Waals surface area contributed by atoms with Crippen molar-refractivity contribution in [1.29, 1.82) is 0 Å². The Labute approximate surface area is 890 Å². The number of benzene rings is 8. The monoisotopic (exact) mass is 2150 g/mol. The number of piperazine rings is 4. The topological polar surface area (TPSA) is 262 Å². The third-order valence-corrected chi connectivity index (χ3v) is 29.2. The summed E-state index contributed by atoms with van der Waals surface area (Å²) in [5.74, 6) is 2.38. The van der Waals surface area contributed by atoms with Crippen LogP contribution in [-0.2, 0) is 69.0 Å². The quantitative estimate of drug-likeness (QED) is 0.0206. The average Bonchev–Trinajstić information content (AvgIpc) is 0.797. The number of carbonyl (C=O) groups excluding carboxylic acids is 7. The van der Waals surface area contributed by atoms with Crippen molar-refractivity contribution in [2.45, 2.75) is 156 Å². The Morgan fingerprint density at radius 1 is 0.361 bits per heavy atom. The largest absolute Gasteiger partial charge is 0.494 e. The van der Waals surface area contributed by atoms with Crippen LogP contribution in [0.5, 0.6) is 23.0 Å². The second-order valence-electron chi connectivity index (χ2n) is 35.8. The summed E-state index contributed by atoms with van der Waals surface area (Å²) in [4.78, 5) is 112. The van der Waals surface area contributed by atoms with Gasteiger partial charge in [-0.3, -0.25) is 67.5 Å². The number of halogens is 9. The fraction of sp³-hybridized carbons (Fsp3) is 0.463. The fourth-order valence-electron chi connectivity index (χ4n) is 17.8. The highest BCUT2D eigenvalue weighted by molar-refractivity contribution is 6.63. The Bertz CT molecular complexity index is 5720. The number of ether oxygens (including phenoxy) is 6. The van der Waals surface area contributed by atoms with Crippen LogP contribution in [0.3, 0.4) is 0 Å². The number of nitrogens with one attached hydrogen (secondary N) is 1. The van der Waals surface area contributed by atoms with Crippen molar-refractivity contribution in [3.63, 3.8) is 0 Å². The van der Waals surface area contributed by atoms with Crippen LogP contribution in [0.2, 0.25) is 40.2 Å². The van der Waals surface area contributed by atoms with Crippen LogP contribution in [0.1, 0.15) is 147 Å². The number of anilines is 7. The molecular formula is C108H133Cl9N12O15. The molecule has 4 fully saturated rings. The van der Waals surface area contributed by atoms with E-state index < -0.39 is 0 Å². The molecule has 0 radical (unpaired) electrons. The van der Waals surface area contributed by atoms with Gasteiger partial charge in [0.25, 0.3) is 5.56 Å². The first-order valence-electron chi connectivity index (χ1n) is 49.8. The van der Waals surface area contributed by atoms with Crippen LogP contribution in [-0.4, -0.2) is 242 Å². The molecule has 0 aliphatic carbocycles. The van der Waals surface area contributed by atoms with Gasteiger partial charge in [0.2, 0.25) is 23.0 Å². The van der Waals surface area contributed by atoms with Gasteiger partial charge in [-0.15, -0.1) is 0 Å². The molecule has 27 nitrogen and oxygen atoms in total. The molecule has 0 atom stereocenters. The number of hydrogen-bond acceptors (Lipinski definition) is 23. The lowest BCUT2D eigenvalue weighted by atomic mass is 10.0. The van der Waals surface area contributed by atoms with Crippen molar-refractivity contribution < 1.29 is 67.1 Å². The van der Waals surface area contributed by atoms with Gasteiger partial charge in [0.1, 0.15) is 36.5 Å². The molecule has 3 amide bonds. The minimum Gasteiger partial charge on any atom is -0.494 e. The lowest BCUT2D eigenvalue weighted by Gasteiger charge is -2.36. The van der Waals surface area contributed by atoms with Gasteiger partial charge < -0.3 is 63.2 Å². The van der Waals surface area contributed by atoms with Crippen LogP contribution >= 0.6 is 104 Å². The molecule has 0 unspecified atom stereocenters. The molecule has 7 aliphatic rings. The van der Waals surface area contributed by atoms with E-state index in [-0.39, 0.29) is 60.7 Å². The predicted octanol–water partition coefficient (Wildman–Crippen LogP) is 21.6. The smallest absolute Gasteiger partial charge is 0.307 e. The van der Waals surface area contributed by atoms with Gasteiger partial charge in [-0.2, -0.15) is 0 Å². The number of unbranched alkanes of at least 4 members (excludes halogenated alkanes) is 4. The molecular weight excluding hydrogens is 2020 g/mol.